The highest BCUT2D eigenvalue weighted by Crippen LogP contribution is 2.08. The van der Waals surface area contributed by atoms with Gasteiger partial charge in [0.05, 0.1) is 0 Å². The number of aliphatic hydroxyl groups is 1. The Morgan fingerprint density at radius 3 is 2.31 bits per heavy atom. The molecular formula is C23H36O3. The van der Waals surface area contributed by atoms with E-state index in [4.69, 9.17) is 5.11 Å². The maximum absolute atomic E-state index is 10.4. The molecule has 1 atom stereocenters. The van der Waals surface area contributed by atoms with E-state index in [2.05, 4.69) is 49.5 Å². The predicted octanol–water partition coefficient (Wildman–Crippen LogP) is 5.99. The van der Waals surface area contributed by atoms with Gasteiger partial charge in [0.15, 0.2) is 0 Å². The molecule has 0 spiro atoms. The third-order valence-electron chi connectivity index (χ3n) is 3.85. The third-order valence-corrected chi connectivity index (χ3v) is 3.85. The van der Waals surface area contributed by atoms with Gasteiger partial charge in [-0.05, 0) is 44.9 Å². The second-order valence-corrected chi connectivity index (χ2v) is 6.28. The number of unbranched alkanes of at least 4 members (excludes halogenated alkanes) is 3. The summed E-state index contributed by atoms with van der Waals surface area (Å²) in [7, 11) is 0. The van der Waals surface area contributed by atoms with Crippen molar-refractivity contribution >= 4 is 5.97 Å². The van der Waals surface area contributed by atoms with Crippen molar-refractivity contribution in [3.63, 3.8) is 0 Å². The van der Waals surface area contributed by atoms with Gasteiger partial charge in [-0.2, -0.15) is 0 Å². The van der Waals surface area contributed by atoms with Crippen LogP contribution in [0.3, 0.4) is 0 Å². The van der Waals surface area contributed by atoms with Crippen LogP contribution in [0.4, 0.5) is 0 Å². The van der Waals surface area contributed by atoms with E-state index in [0.29, 0.717) is 0 Å². The van der Waals surface area contributed by atoms with Crippen LogP contribution in [0.25, 0.3) is 0 Å². The molecule has 3 heteroatoms. The quantitative estimate of drug-likeness (QED) is 0.202. The molecule has 146 valence electrons. The SMILES string of the molecule is CC/C=C\C/C=C\C/C=C\C=C/C(CO)C/C=C\CCCCCC(=O)O. The Morgan fingerprint density at radius 1 is 0.885 bits per heavy atom. The number of hydrogen-bond acceptors (Lipinski definition) is 2. The van der Waals surface area contributed by atoms with Gasteiger partial charge in [0.1, 0.15) is 0 Å². The second kappa shape index (κ2) is 19.5. The highest BCUT2D eigenvalue weighted by molar-refractivity contribution is 5.66. The van der Waals surface area contributed by atoms with Gasteiger partial charge in [-0.3, -0.25) is 4.79 Å². The molecule has 0 aromatic rings. The smallest absolute Gasteiger partial charge is 0.303 e. The molecule has 26 heavy (non-hydrogen) atoms. The Kier molecular flexibility index (Phi) is 18.1. The molecule has 1 unspecified atom stereocenters. The van der Waals surface area contributed by atoms with Gasteiger partial charge in [-0.1, -0.05) is 74.1 Å². The molecular weight excluding hydrogens is 324 g/mol. The summed E-state index contributed by atoms with van der Waals surface area (Å²) in [5.41, 5.74) is 0. The van der Waals surface area contributed by atoms with Crippen LogP contribution in [0, 0.1) is 5.92 Å². The first kappa shape index (κ1) is 24.1. The van der Waals surface area contributed by atoms with E-state index >= 15 is 0 Å². The van der Waals surface area contributed by atoms with Gasteiger partial charge in [0.25, 0.3) is 0 Å². The molecule has 0 aliphatic heterocycles. The molecule has 0 saturated heterocycles. The van der Waals surface area contributed by atoms with Gasteiger partial charge in [0, 0.05) is 18.9 Å². The predicted molar refractivity (Wildman–Crippen MR) is 111 cm³/mol. The van der Waals surface area contributed by atoms with Crippen molar-refractivity contribution < 1.29 is 15.0 Å². The second-order valence-electron chi connectivity index (χ2n) is 6.28. The first-order valence-corrected chi connectivity index (χ1v) is 9.81. The standard InChI is InChI=1S/C23H36O3/c1-2-3-4-5-6-7-8-9-12-15-18-22(21-24)19-16-13-10-11-14-17-20-23(25)26/h3-4,6-7,9,12-13,15-16,18,22,24H,2,5,8,10-11,14,17,19-21H2,1H3,(H,25,26)/b4-3-,7-6-,12-9-,16-13-,18-15-. The minimum atomic E-state index is -0.715. The van der Waals surface area contributed by atoms with Gasteiger partial charge in [-0.15, -0.1) is 0 Å². The molecule has 0 fully saturated rings. The van der Waals surface area contributed by atoms with Crippen molar-refractivity contribution in [1.82, 2.24) is 0 Å². The molecule has 0 aliphatic rings. The molecule has 2 N–H and O–H groups in total. The zero-order valence-electron chi connectivity index (χ0n) is 16.2. The first-order chi connectivity index (χ1) is 12.7. The largest absolute Gasteiger partial charge is 0.481 e. The van der Waals surface area contributed by atoms with E-state index in [9.17, 15) is 9.90 Å². The molecule has 0 radical (unpaired) electrons. The summed E-state index contributed by atoms with van der Waals surface area (Å²) in [5.74, 6) is -0.565. The number of hydrogen-bond donors (Lipinski definition) is 2. The number of aliphatic hydroxyl groups excluding tert-OH is 1. The van der Waals surface area contributed by atoms with Crippen molar-refractivity contribution in [3.8, 4) is 0 Å². The van der Waals surface area contributed by atoms with Crippen molar-refractivity contribution in [2.45, 2.75) is 64.7 Å². The fourth-order valence-corrected chi connectivity index (χ4v) is 2.31. The van der Waals surface area contributed by atoms with Crippen LogP contribution in [0.15, 0.2) is 60.8 Å². The molecule has 0 amide bonds. The minimum Gasteiger partial charge on any atom is -0.481 e. The molecule has 0 bridgehead atoms. The first-order valence-electron chi connectivity index (χ1n) is 9.81. The monoisotopic (exact) mass is 360 g/mol. The van der Waals surface area contributed by atoms with Crippen LogP contribution in [-0.4, -0.2) is 22.8 Å². The fraction of sp³-hybridized carbons (Fsp3) is 0.522. The van der Waals surface area contributed by atoms with Crippen molar-refractivity contribution in [3.05, 3.63) is 60.8 Å². The molecule has 3 nitrogen and oxygen atoms in total. The summed E-state index contributed by atoms with van der Waals surface area (Å²) in [5, 5.41) is 18.0. The average Bonchev–Trinajstić information content (AvgIpc) is 2.63. The summed E-state index contributed by atoms with van der Waals surface area (Å²) < 4.78 is 0. The number of rotatable bonds is 16. The molecule has 0 aromatic carbocycles. The molecule has 0 aromatic heterocycles. The van der Waals surface area contributed by atoms with E-state index in [-0.39, 0.29) is 18.9 Å². The highest BCUT2D eigenvalue weighted by Gasteiger charge is 1.99. The van der Waals surface area contributed by atoms with Crippen molar-refractivity contribution in [2.24, 2.45) is 5.92 Å². The lowest BCUT2D eigenvalue weighted by atomic mass is 10.0. The Balaban J connectivity index is 3.80. The van der Waals surface area contributed by atoms with E-state index in [1.165, 1.54) is 0 Å². The number of aliphatic carboxylic acids is 1. The molecule has 0 heterocycles. The summed E-state index contributed by atoms with van der Waals surface area (Å²) in [6.45, 7) is 2.28. The molecule has 0 saturated carbocycles. The number of carbonyl (C=O) groups is 1. The molecule has 0 rings (SSSR count). The number of carboxylic acids is 1. The Morgan fingerprint density at radius 2 is 1.62 bits per heavy atom. The van der Waals surface area contributed by atoms with Crippen LogP contribution >= 0.6 is 0 Å². The summed E-state index contributed by atoms with van der Waals surface area (Å²) in [6.07, 6.45) is 28.9. The lowest BCUT2D eigenvalue weighted by Gasteiger charge is -2.04. The zero-order valence-corrected chi connectivity index (χ0v) is 16.2. The van der Waals surface area contributed by atoms with Crippen LogP contribution < -0.4 is 0 Å². The average molecular weight is 361 g/mol. The maximum Gasteiger partial charge on any atom is 0.303 e. The zero-order chi connectivity index (χ0) is 19.3. The lowest BCUT2D eigenvalue weighted by molar-refractivity contribution is -0.137. The van der Waals surface area contributed by atoms with Gasteiger partial charge < -0.3 is 10.2 Å². The minimum absolute atomic E-state index is 0.150. The van der Waals surface area contributed by atoms with Crippen LogP contribution in [-0.2, 0) is 4.79 Å². The number of allylic oxidation sites excluding steroid dienone is 9. The van der Waals surface area contributed by atoms with E-state index in [0.717, 1.165) is 51.4 Å². The highest BCUT2D eigenvalue weighted by atomic mass is 16.4. The summed E-state index contributed by atoms with van der Waals surface area (Å²) >= 11 is 0. The van der Waals surface area contributed by atoms with E-state index < -0.39 is 5.97 Å². The Hall–Kier alpha value is -1.87. The summed E-state index contributed by atoms with van der Waals surface area (Å²) in [4.78, 5) is 10.4. The van der Waals surface area contributed by atoms with Gasteiger partial charge in [-0.25, -0.2) is 0 Å². The lowest BCUT2D eigenvalue weighted by Crippen LogP contribution is -2.00. The van der Waals surface area contributed by atoms with E-state index in [1.54, 1.807) is 0 Å². The Bertz CT molecular complexity index is 470. The maximum atomic E-state index is 10.4. The third kappa shape index (κ3) is 18.5. The normalized spacial score (nSPS) is 13.9. The van der Waals surface area contributed by atoms with E-state index in [1.807, 2.05) is 18.2 Å². The summed E-state index contributed by atoms with van der Waals surface area (Å²) in [6, 6.07) is 0. The Labute approximate surface area is 159 Å². The van der Waals surface area contributed by atoms with Crippen molar-refractivity contribution in [1.29, 1.82) is 0 Å². The van der Waals surface area contributed by atoms with Crippen LogP contribution in [0.1, 0.15) is 64.7 Å². The molecule has 0 aliphatic carbocycles. The van der Waals surface area contributed by atoms with Crippen molar-refractivity contribution in [2.75, 3.05) is 6.61 Å². The van der Waals surface area contributed by atoms with Crippen LogP contribution in [0.5, 0.6) is 0 Å². The van der Waals surface area contributed by atoms with Crippen LogP contribution in [0.2, 0.25) is 0 Å². The van der Waals surface area contributed by atoms with Gasteiger partial charge in [0.2, 0.25) is 0 Å². The number of carboxylic acid groups (broad SMARTS) is 1. The van der Waals surface area contributed by atoms with Gasteiger partial charge >= 0.3 is 5.97 Å². The topological polar surface area (TPSA) is 57.5 Å². The fourth-order valence-electron chi connectivity index (χ4n) is 2.31.